The SMILES string of the molecule is CN(C)C=O.COc1ccc(C2(O)c3ccccc3Oc3ccccc32)cc1. The van der Waals surface area contributed by atoms with Gasteiger partial charge in [-0.25, -0.2) is 0 Å². The summed E-state index contributed by atoms with van der Waals surface area (Å²) in [6.45, 7) is 0. The molecule has 0 radical (unpaired) electrons. The van der Waals surface area contributed by atoms with Crippen molar-refractivity contribution in [2.45, 2.75) is 5.60 Å². The Kier molecular flexibility index (Phi) is 5.66. The second-order valence-corrected chi connectivity index (χ2v) is 6.60. The van der Waals surface area contributed by atoms with Crippen molar-refractivity contribution >= 4 is 6.41 Å². The second-order valence-electron chi connectivity index (χ2n) is 6.60. The average molecular weight is 377 g/mol. The van der Waals surface area contributed by atoms with E-state index in [4.69, 9.17) is 9.47 Å². The highest BCUT2D eigenvalue weighted by Gasteiger charge is 2.41. The lowest BCUT2D eigenvalue weighted by atomic mass is 9.78. The van der Waals surface area contributed by atoms with Crippen molar-refractivity contribution < 1.29 is 19.4 Å². The van der Waals surface area contributed by atoms with Crippen LogP contribution in [-0.4, -0.2) is 37.6 Å². The number of nitrogens with zero attached hydrogens (tertiary/aromatic N) is 1. The first kappa shape index (κ1) is 19.5. The van der Waals surface area contributed by atoms with Crippen molar-refractivity contribution in [3.8, 4) is 17.2 Å². The highest BCUT2D eigenvalue weighted by atomic mass is 16.5. The van der Waals surface area contributed by atoms with Gasteiger partial charge in [0.1, 0.15) is 22.8 Å². The fraction of sp³-hybridized carbons (Fsp3) is 0.174. The molecule has 0 saturated heterocycles. The maximum atomic E-state index is 11.7. The number of hydrogen-bond acceptors (Lipinski definition) is 4. The van der Waals surface area contributed by atoms with Gasteiger partial charge in [-0.05, 0) is 29.8 Å². The number of aliphatic hydroxyl groups is 1. The standard InChI is InChI=1S/C20H16O3.C3H7NO/c1-22-15-12-10-14(11-13-15)20(21)16-6-2-4-8-18(16)23-19-9-5-3-7-17(19)20;1-4(2)3-5/h2-13,21H,1H3;3H,1-2H3. The molecule has 5 nitrogen and oxygen atoms in total. The number of carbonyl (C=O) groups is 1. The quantitative estimate of drug-likeness (QED) is 0.706. The first-order valence-electron chi connectivity index (χ1n) is 8.86. The van der Waals surface area contributed by atoms with E-state index in [1.807, 2.05) is 72.8 Å². The first-order chi connectivity index (χ1) is 13.5. The Morgan fingerprint density at radius 2 is 1.36 bits per heavy atom. The molecule has 1 aliphatic heterocycles. The average Bonchev–Trinajstić information content (AvgIpc) is 2.74. The Bertz CT molecular complexity index is 905. The first-order valence-corrected chi connectivity index (χ1v) is 8.86. The van der Waals surface area contributed by atoms with Crippen molar-refractivity contribution in [3.05, 3.63) is 89.5 Å². The van der Waals surface area contributed by atoms with Crippen LogP contribution in [0.3, 0.4) is 0 Å². The van der Waals surface area contributed by atoms with Crippen molar-refractivity contribution in [2.75, 3.05) is 21.2 Å². The van der Waals surface area contributed by atoms with Gasteiger partial charge in [-0.15, -0.1) is 0 Å². The van der Waals surface area contributed by atoms with E-state index < -0.39 is 5.60 Å². The van der Waals surface area contributed by atoms with Crippen molar-refractivity contribution in [2.24, 2.45) is 0 Å². The van der Waals surface area contributed by atoms with Crippen molar-refractivity contribution in [1.82, 2.24) is 4.90 Å². The molecule has 1 heterocycles. The highest BCUT2D eigenvalue weighted by molar-refractivity contribution is 5.61. The van der Waals surface area contributed by atoms with Crippen LogP contribution in [0.1, 0.15) is 16.7 Å². The monoisotopic (exact) mass is 377 g/mol. The van der Waals surface area contributed by atoms with E-state index >= 15 is 0 Å². The van der Waals surface area contributed by atoms with Crippen LogP contribution >= 0.6 is 0 Å². The number of hydrogen-bond donors (Lipinski definition) is 1. The number of methoxy groups -OCH3 is 1. The van der Waals surface area contributed by atoms with Gasteiger partial charge in [0.2, 0.25) is 6.41 Å². The molecule has 0 spiro atoms. The van der Waals surface area contributed by atoms with Crippen LogP contribution in [0.2, 0.25) is 0 Å². The molecule has 144 valence electrons. The fourth-order valence-corrected chi connectivity index (χ4v) is 3.12. The van der Waals surface area contributed by atoms with Gasteiger partial charge in [-0.3, -0.25) is 4.79 Å². The molecular weight excluding hydrogens is 354 g/mol. The summed E-state index contributed by atoms with van der Waals surface area (Å²) >= 11 is 0. The predicted octanol–water partition coefficient (Wildman–Crippen LogP) is 3.79. The predicted molar refractivity (Wildman–Crippen MR) is 108 cm³/mol. The topological polar surface area (TPSA) is 59.0 Å². The molecule has 3 aromatic rings. The van der Waals surface area contributed by atoms with Crippen molar-refractivity contribution in [1.29, 1.82) is 0 Å². The Balaban J connectivity index is 0.000000403. The van der Waals surface area contributed by atoms with Crippen LogP contribution in [0.15, 0.2) is 72.8 Å². The molecule has 0 atom stereocenters. The van der Waals surface area contributed by atoms with Crippen LogP contribution in [-0.2, 0) is 10.4 Å². The van der Waals surface area contributed by atoms with E-state index in [2.05, 4.69) is 0 Å². The van der Waals surface area contributed by atoms with Crippen LogP contribution in [0.4, 0.5) is 0 Å². The van der Waals surface area contributed by atoms with Crippen LogP contribution in [0.5, 0.6) is 17.2 Å². The minimum Gasteiger partial charge on any atom is -0.497 e. The highest BCUT2D eigenvalue weighted by Crippen LogP contribution is 2.49. The second kappa shape index (κ2) is 8.15. The summed E-state index contributed by atoms with van der Waals surface area (Å²) in [4.78, 5) is 10.9. The summed E-state index contributed by atoms with van der Waals surface area (Å²) in [7, 11) is 5.00. The van der Waals surface area contributed by atoms with Gasteiger partial charge in [0.25, 0.3) is 0 Å². The molecule has 0 fully saturated rings. The lowest BCUT2D eigenvalue weighted by Gasteiger charge is -2.36. The third-order valence-corrected chi connectivity index (χ3v) is 4.49. The Hall–Kier alpha value is -3.31. The summed E-state index contributed by atoms with van der Waals surface area (Å²) < 4.78 is 11.2. The van der Waals surface area contributed by atoms with Gasteiger partial charge in [-0.2, -0.15) is 0 Å². The third kappa shape index (κ3) is 3.57. The van der Waals surface area contributed by atoms with E-state index in [0.29, 0.717) is 11.5 Å². The molecule has 3 aromatic carbocycles. The minimum atomic E-state index is -1.25. The maximum absolute atomic E-state index is 11.7. The zero-order valence-electron chi connectivity index (χ0n) is 16.1. The van der Waals surface area contributed by atoms with Gasteiger partial charge in [0, 0.05) is 25.2 Å². The summed E-state index contributed by atoms with van der Waals surface area (Å²) in [5.41, 5.74) is 1.01. The molecule has 1 aliphatic rings. The molecule has 0 unspecified atom stereocenters. The molecule has 0 aromatic heterocycles. The summed E-state index contributed by atoms with van der Waals surface area (Å²) in [6, 6.07) is 22.7. The molecule has 5 heteroatoms. The fourth-order valence-electron chi connectivity index (χ4n) is 3.12. The normalized spacial score (nSPS) is 13.0. The van der Waals surface area contributed by atoms with Gasteiger partial charge in [-0.1, -0.05) is 48.5 Å². The Morgan fingerprint density at radius 1 is 0.893 bits per heavy atom. The lowest BCUT2D eigenvalue weighted by molar-refractivity contribution is -0.115. The van der Waals surface area contributed by atoms with E-state index in [1.54, 1.807) is 21.2 Å². The van der Waals surface area contributed by atoms with Gasteiger partial charge >= 0.3 is 0 Å². The van der Waals surface area contributed by atoms with Gasteiger partial charge in [0.15, 0.2) is 0 Å². The zero-order chi connectivity index (χ0) is 20.1. The molecule has 1 amide bonds. The number of ether oxygens (including phenoxy) is 2. The third-order valence-electron chi connectivity index (χ3n) is 4.49. The number of benzene rings is 3. The van der Waals surface area contributed by atoms with Gasteiger partial charge in [0.05, 0.1) is 7.11 Å². The lowest BCUT2D eigenvalue weighted by Crippen LogP contribution is -2.32. The molecule has 0 aliphatic carbocycles. The smallest absolute Gasteiger partial charge is 0.209 e. The molecule has 1 N–H and O–H groups in total. The molecule has 4 rings (SSSR count). The van der Waals surface area contributed by atoms with Crippen LogP contribution in [0.25, 0.3) is 0 Å². The molecule has 28 heavy (non-hydrogen) atoms. The number of amides is 1. The number of fused-ring (bicyclic) bond motifs is 2. The van der Waals surface area contributed by atoms with E-state index in [-0.39, 0.29) is 0 Å². The van der Waals surface area contributed by atoms with Gasteiger partial charge < -0.3 is 19.5 Å². The van der Waals surface area contributed by atoms with E-state index in [0.717, 1.165) is 28.8 Å². The molecular formula is C23H23NO4. The van der Waals surface area contributed by atoms with Crippen LogP contribution in [0, 0.1) is 0 Å². The largest absolute Gasteiger partial charge is 0.497 e. The Labute approximate surface area is 164 Å². The minimum absolute atomic E-state index is 0.671. The number of para-hydroxylation sites is 2. The summed E-state index contributed by atoms with van der Waals surface area (Å²) in [5, 5.41) is 11.7. The van der Waals surface area contributed by atoms with E-state index in [9.17, 15) is 9.90 Å². The maximum Gasteiger partial charge on any atom is 0.209 e. The Morgan fingerprint density at radius 3 is 1.79 bits per heavy atom. The molecule has 0 saturated carbocycles. The zero-order valence-corrected chi connectivity index (χ0v) is 16.1. The van der Waals surface area contributed by atoms with E-state index in [1.165, 1.54) is 4.90 Å². The number of carbonyl (C=O) groups excluding carboxylic acids is 1. The van der Waals surface area contributed by atoms with Crippen molar-refractivity contribution in [3.63, 3.8) is 0 Å². The summed E-state index contributed by atoms with van der Waals surface area (Å²) in [6.07, 6.45) is 0.750. The van der Waals surface area contributed by atoms with Crippen LogP contribution < -0.4 is 9.47 Å². The number of rotatable bonds is 3. The summed E-state index contributed by atoms with van der Waals surface area (Å²) in [5.74, 6) is 2.10. The molecule has 0 bridgehead atoms.